The van der Waals surface area contributed by atoms with Crippen molar-refractivity contribution in [3.05, 3.63) is 0 Å². The summed E-state index contributed by atoms with van der Waals surface area (Å²) in [7, 11) is 1.59. The monoisotopic (exact) mass is 89.1 g/mol. The summed E-state index contributed by atoms with van der Waals surface area (Å²) in [6, 6.07) is 0. The third-order valence-corrected chi connectivity index (χ3v) is 0.493. The number of hydrogen-bond acceptors (Lipinski definition) is 1. The van der Waals surface area contributed by atoms with Crippen molar-refractivity contribution in [2.24, 2.45) is 0 Å². The van der Waals surface area contributed by atoms with E-state index < -0.39 is 0 Å². The van der Waals surface area contributed by atoms with Crippen LogP contribution in [0.15, 0.2) is 0 Å². The zero-order valence-corrected chi connectivity index (χ0v) is 3.94. The molecule has 0 aliphatic heterocycles. The van der Waals surface area contributed by atoms with Crippen molar-refractivity contribution in [3.8, 4) is 0 Å². The van der Waals surface area contributed by atoms with Gasteiger partial charge in [-0.15, -0.1) is 0 Å². The van der Waals surface area contributed by atoms with Crippen LogP contribution in [0.4, 0.5) is 0 Å². The molecule has 0 aromatic heterocycles. The van der Waals surface area contributed by atoms with E-state index in [-0.39, 0.29) is 6.61 Å². The van der Waals surface area contributed by atoms with Crippen LogP contribution >= 0.6 is 0 Å². The van der Waals surface area contributed by atoms with E-state index in [1.54, 1.807) is 7.11 Å². The Hall–Kier alpha value is -0.0800. The van der Waals surface area contributed by atoms with Gasteiger partial charge >= 0.3 is 0 Å². The normalized spacial score (nSPS) is 9.00. The highest BCUT2D eigenvalue weighted by molar-refractivity contribution is 4.25. The van der Waals surface area contributed by atoms with Crippen LogP contribution in [0.2, 0.25) is 0 Å². The van der Waals surface area contributed by atoms with Gasteiger partial charge in [-0.2, -0.15) is 0 Å². The number of rotatable bonds is 3. The fourth-order valence-electron chi connectivity index (χ4n) is 0.203. The lowest BCUT2D eigenvalue weighted by atomic mass is 10.5. The second-order valence-electron chi connectivity index (χ2n) is 1.05. The fourth-order valence-corrected chi connectivity index (χ4v) is 0.203. The Morgan fingerprint density at radius 1 is 1.67 bits per heavy atom. The summed E-state index contributed by atoms with van der Waals surface area (Å²) in [5.41, 5.74) is 0. The van der Waals surface area contributed by atoms with Crippen LogP contribution in [0.25, 0.3) is 0 Å². The number of ether oxygens (including phenoxy) is 1. The maximum atomic E-state index is 9.61. The van der Waals surface area contributed by atoms with Crippen LogP contribution in [-0.2, 0) is 9.84 Å². The summed E-state index contributed by atoms with van der Waals surface area (Å²) in [5.74, 6) is 0. The molecule has 0 rings (SSSR count). The lowest BCUT2D eigenvalue weighted by Gasteiger charge is -1.87. The highest BCUT2D eigenvalue weighted by Crippen LogP contribution is 1.73. The maximum Gasteiger partial charge on any atom is 0.0844 e. The molecule has 2 heteroatoms. The van der Waals surface area contributed by atoms with Crippen LogP contribution in [0, 0.1) is 0 Å². The maximum absolute atomic E-state index is 9.61. The molecule has 0 saturated heterocycles. The second-order valence-corrected chi connectivity index (χ2v) is 1.05. The van der Waals surface area contributed by atoms with Gasteiger partial charge in [-0.3, -0.25) is 0 Å². The highest BCUT2D eigenvalue weighted by Gasteiger charge is 1.77. The van der Waals surface area contributed by atoms with E-state index in [2.05, 4.69) is 4.74 Å². The molecule has 0 bridgehead atoms. The molecule has 0 spiro atoms. The number of hydrogen-bond donors (Lipinski definition) is 0. The zero-order valence-electron chi connectivity index (χ0n) is 3.94. The molecule has 0 N–H and O–H groups in total. The zero-order chi connectivity index (χ0) is 4.83. The third-order valence-electron chi connectivity index (χ3n) is 0.493. The summed E-state index contributed by atoms with van der Waals surface area (Å²) in [5, 5.41) is 9.61. The predicted molar refractivity (Wildman–Crippen MR) is 22.0 cm³/mol. The Labute approximate surface area is 37.7 Å². The van der Waals surface area contributed by atoms with Gasteiger partial charge in [-0.1, -0.05) is 0 Å². The molecule has 0 aliphatic rings. The molecule has 0 aromatic rings. The summed E-state index contributed by atoms with van der Waals surface area (Å²) in [4.78, 5) is 0. The predicted octanol–water partition coefficient (Wildman–Crippen LogP) is 0.453. The van der Waals surface area contributed by atoms with Gasteiger partial charge in [-0.25, -0.2) is 5.11 Å². The Morgan fingerprint density at radius 2 is 2.33 bits per heavy atom. The first-order valence-electron chi connectivity index (χ1n) is 1.99. The van der Waals surface area contributed by atoms with E-state index in [1.807, 2.05) is 0 Å². The fraction of sp³-hybridized carbons (Fsp3) is 1.00. The molecule has 0 heterocycles. The molecule has 2 nitrogen and oxygen atoms in total. The van der Waals surface area contributed by atoms with E-state index in [0.717, 1.165) is 0 Å². The van der Waals surface area contributed by atoms with Crippen molar-refractivity contribution < 1.29 is 9.84 Å². The molecule has 0 aliphatic carbocycles. The van der Waals surface area contributed by atoms with E-state index >= 15 is 0 Å². The van der Waals surface area contributed by atoms with Crippen LogP contribution in [0.1, 0.15) is 6.42 Å². The van der Waals surface area contributed by atoms with Gasteiger partial charge in [-0.05, 0) is 6.42 Å². The minimum Gasteiger partial charge on any atom is -0.385 e. The Morgan fingerprint density at radius 3 is 2.50 bits per heavy atom. The van der Waals surface area contributed by atoms with E-state index in [0.29, 0.717) is 13.0 Å². The second kappa shape index (κ2) is 4.92. The van der Waals surface area contributed by atoms with Crippen LogP contribution in [-0.4, -0.2) is 20.3 Å². The summed E-state index contributed by atoms with van der Waals surface area (Å²) < 4.78 is 4.58. The molecule has 0 amide bonds. The van der Waals surface area contributed by atoms with Crippen LogP contribution in [0.3, 0.4) is 0 Å². The van der Waals surface area contributed by atoms with Gasteiger partial charge < -0.3 is 4.74 Å². The molecule has 0 unspecified atom stereocenters. The molecule has 6 heavy (non-hydrogen) atoms. The van der Waals surface area contributed by atoms with E-state index in [4.69, 9.17) is 0 Å². The standard InChI is InChI=1S/C4H9O2/c1-6-4-2-3-5/h2-4H2,1H3. The topological polar surface area (TPSA) is 29.1 Å². The smallest absolute Gasteiger partial charge is 0.0844 e. The quantitative estimate of drug-likeness (QED) is 0.461. The molecule has 0 saturated carbocycles. The average molecular weight is 89.1 g/mol. The van der Waals surface area contributed by atoms with Gasteiger partial charge in [0.25, 0.3) is 0 Å². The van der Waals surface area contributed by atoms with Crippen molar-refractivity contribution >= 4 is 0 Å². The Kier molecular flexibility index (Phi) is 4.85. The van der Waals surface area contributed by atoms with Gasteiger partial charge in [0, 0.05) is 13.7 Å². The van der Waals surface area contributed by atoms with Crippen molar-refractivity contribution in [1.29, 1.82) is 0 Å². The Balaban J connectivity index is 2.34. The number of methoxy groups -OCH3 is 1. The van der Waals surface area contributed by atoms with Gasteiger partial charge in [0.05, 0.1) is 6.61 Å². The van der Waals surface area contributed by atoms with Gasteiger partial charge in [0.2, 0.25) is 0 Å². The molecule has 0 aromatic carbocycles. The first kappa shape index (κ1) is 5.92. The minimum atomic E-state index is -0.0200. The summed E-state index contributed by atoms with van der Waals surface area (Å²) >= 11 is 0. The SMILES string of the molecule is COCCC[O]. The Bertz CT molecular complexity index is 17.5. The third kappa shape index (κ3) is 3.92. The average Bonchev–Trinajstić information content (AvgIpc) is 1.61. The van der Waals surface area contributed by atoms with E-state index in [1.165, 1.54) is 0 Å². The van der Waals surface area contributed by atoms with Crippen molar-refractivity contribution in [2.75, 3.05) is 20.3 Å². The summed E-state index contributed by atoms with van der Waals surface area (Å²) in [6.07, 6.45) is 0.635. The van der Waals surface area contributed by atoms with Crippen LogP contribution in [0.5, 0.6) is 0 Å². The molecular formula is C4H9O2. The minimum absolute atomic E-state index is 0.0200. The van der Waals surface area contributed by atoms with Crippen molar-refractivity contribution in [1.82, 2.24) is 0 Å². The lowest BCUT2D eigenvalue weighted by molar-refractivity contribution is 0.133. The van der Waals surface area contributed by atoms with Crippen LogP contribution < -0.4 is 0 Å². The molecule has 37 valence electrons. The largest absolute Gasteiger partial charge is 0.385 e. The lowest BCUT2D eigenvalue weighted by Crippen LogP contribution is -1.89. The molecule has 0 atom stereocenters. The molecular weight excluding hydrogens is 80.0 g/mol. The molecule has 0 fully saturated rings. The van der Waals surface area contributed by atoms with Crippen molar-refractivity contribution in [3.63, 3.8) is 0 Å². The molecule has 1 radical (unpaired) electrons. The van der Waals surface area contributed by atoms with E-state index in [9.17, 15) is 5.11 Å². The highest BCUT2D eigenvalue weighted by atomic mass is 16.5. The summed E-state index contributed by atoms with van der Waals surface area (Å²) in [6.45, 7) is 0.581. The van der Waals surface area contributed by atoms with Gasteiger partial charge in [0.1, 0.15) is 0 Å². The first-order valence-corrected chi connectivity index (χ1v) is 1.99. The van der Waals surface area contributed by atoms with Gasteiger partial charge in [0.15, 0.2) is 0 Å². The van der Waals surface area contributed by atoms with Crippen molar-refractivity contribution in [2.45, 2.75) is 6.42 Å². The first-order chi connectivity index (χ1) is 2.91.